The first-order valence-electron chi connectivity index (χ1n) is 5.72. The molecule has 0 saturated heterocycles. The van der Waals surface area contributed by atoms with Crippen molar-refractivity contribution >= 4 is 17.1 Å². The Balaban J connectivity index is 2.22. The topological polar surface area (TPSA) is 75.2 Å². The minimum Gasteiger partial charge on any atom is -0.374 e. The number of nitriles is 2. The maximum Gasteiger partial charge on any atom is 0.237 e. The van der Waals surface area contributed by atoms with Gasteiger partial charge in [0.2, 0.25) is 5.71 Å². The van der Waals surface area contributed by atoms with E-state index < -0.39 is 0 Å². The molecule has 0 bridgehead atoms. The lowest BCUT2D eigenvalue weighted by Gasteiger charge is -2.27. The average molecular weight is 239 g/mol. The number of hydrazone groups is 1. The van der Waals surface area contributed by atoms with Crippen LogP contribution in [0.25, 0.3) is 0 Å². The molecular weight excluding hydrogens is 226 g/mol. The molecule has 5 nitrogen and oxygen atoms in total. The fourth-order valence-electron chi connectivity index (χ4n) is 2.02. The molecule has 18 heavy (non-hydrogen) atoms. The van der Waals surface area contributed by atoms with Crippen LogP contribution in [0.4, 0.5) is 11.4 Å². The molecule has 0 aromatic heterocycles. The van der Waals surface area contributed by atoms with Crippen molar-refractivity contribution in [1.82, 2.24) is 0 Å². The predicted molar refractivity (Wildman–Crippen MR) is 70.3 cm³/mol. The summed E-state index contributed by atoms with van der Waals surface area (Å²) in [6, 6.07) is 9.38. The zero-order valence-corrected chi connectivity index (χ0v) is 10.1. The number of nitrogens with one attached hydrogen (secondary N) is 1. The van der Waals surface area contributed by atoms with E-state index in [1.54, 1.807) is 12.1 Å². The number of benzene rings is 1. The molecule has 0 amide bonds. The Kier molecular flexibility index (Phi) is 3.45. The van der Waals surface area contributed by atoms with Gasteiger partial charge >= 0.3 is 0 Å². The van der Waals surface area contributed by atoms with Crippen LogP contribution in [0.1, 0.15) is 12.0 Å². The molecule has 1 heterocycles. The van der Waals surface area contributed by atoms with Crippen LogP contribution in [-0.2, 0) is 6.42 Å². The molecule has 90 valence electrons. The minimum atomic E-state index is -0.180. The van der Waals surface area contributed by atoms with Gasteiger partial charge in [-0.15, -0.1) is 0 Å². The molecule has 0 fully saturated rings. The van der Waals surface area contributed by atoms with Gasteiger partial charge in [0.25, 0.3) is 0 Å². The summed E-state index contributed by atoms with van der Waals surface area (Å²) < 4.78 is 0. The maximum absolute atomic E-state index is 8.59. The molecule has 0 aliphatic carbocycles. The van der Waals surface area contributed by atoms with Gasteiger partial charge in [0, 0.05) is 19.3 Å². The molecule has 0 unspecified atom stereocenters. The first kappa shape index (κ1) is 11.9. The third-order valence-electron chi connectivity index (χ3n) is 2.94. The van der Waals surface area contributed by atoms with Crippen LogP contribution >= 0.6 is 0 Å². The van der Waals surface area contributed by atoms with E-state index in [1.807, 2.05) is 12.1 Å². The first-order valence-corrected chi connectivity index (χ1v) is 5.72. The molecule has 1 aromatic rings. The molecule has 1 N–H and O–H groups in total. The molecule has 0 atom stereocenters. The van der Waals surface area contributed by atoms with E-state index in [2.05, 4.69) is 28.5 Å². The normalized spacial score (nSPS) is 12.9. The number of rotatable bonds is 2. The summed E-state index contributed by atoms with van der Waals surface area (Å²) >= 11 is 0. The summed E-state index contributed by atoms with van der Waals surface area (Å²) in [5.41, 5.74) is 5.83. The Labute approximate surface area is 106 Å². The van der Waals surface area contributed by atoms with E-state index in [0.29, 0.717) is 0 Å². The highest BCUT2D eigenvalue weighted by atomic mass is 15.3. The van der Waals surface area contributed by atoms with Crippen molar-refractivity contribution in [2.45, 2.75) is 12.8 Å². The van der Waals surface area contributed by atoms with Crippen molar-refractivity contribution < 1.29 is 0 Å². The highest BCUT2D eigenvalue weighted by Crippen LogP contribution is 2.28. The van der Waals surface area contributed by atoms with Crippen LogP contribution in [0.5, 0.6) is 0 Å². The van der Waals surface area contributed by atoms with E-state index in [9.17, 15) is 0 Å². The minimum absolute atomic E-state index is 0.180. The second-order valence-electron chi connectivity index (χ2n) is 4.16. The molecule has 1 aliphatic heterocycles. The van der Waals surface area contributed by atoms with Crippen LogP contribution in [0.15, 0.2) is 23.3 Å². The number of anilines is 2. The van der Waals surface area contributed by atoms with Crippen LogP contribution < -0.4 is 10.3 Å². The van der Waals surface area contributed by atoms with Crippen molar-refractivity contribution in [3.8, 4) is 12.1 Å². The number of hydrogen-bond acceptors (Lipinski definition) is 5. The average Bonchev–Trinajstić information content (AvgIpc) is 2.41. The lowest BCUT2D eigenvalue weighted by molar-refractivity contribution is 0.744. The monoisotopic (exact) mass is 239 g/mol. The standard InChI is InChI=1S/C13H13N5/c1-18-6-2-3-10-4-5-11(7-13(10)18)16-17-12(8-14)9-15/h4-5,7,16H,2-3,6H2,1H3. The predicted octanol–water partition coefficient (Wildman–Crippen LogP) is 1.88. The van der Waals surface area contributed by atoms with Gasteiger partial charge in [0.15, 0.2) is 0 Å². The lowest BCUT2D eigenvalue weighted by Crippen LogP contribution is -2.24. The lowest BCUT2D eigenvalue weighted by atomic mass is 10.0. The van der Waals surface area contributed by atoms with Crippen molar-refractivity contribution in [3.63, 3.8) is 0 Å². The van der Waals surface area contributed by atoms with E-state index in [-0.39, 0.29) is 5.71 Å². The first-order chi connectivity index (χ1) is 8.74. The number of hydrogen-bond donors (Lipinski definition) is 1. The Morgan fingerprint density at radius 3 is 2.89 bits per heavy atom. The third kappa shape index (κ3) is 2.41. The van der Waals surface area contributed by atoms with E-state index in [0.717, 1.165) is 18.7 Å². The fraction of sp³-hybridized carbons (Fsp3) is 0.308. The smallest absolute Gasteiger partial charge is 0.237 e. The molecule has 0 spiro atoms. The zero-order chi connectivity index (χ0) is 13.0. The summed E-state index contributed by atoms with van der Waals surface area (Å²) in [4.78, 5) is 2.20. The van der Waals surface area contributed by atoms with Crippen LogP contribution in [0.2, 0.25) is 0 Å². The number of nitrogens with zero attached hydrogens (tertiary/aromatic N) is 4. The number of aryl methyl sites for hydroxylation is 1. The molecule has 1 aromatic carbocycles. The highest BCUT2D eigenvalue weighted by Gasteiger charge is 2.13. The molecule has 0 radical (unpaired) electrons. The second kappa shape index (κ2) is 5.20. The van der Waals surface area contributed by atoms with Crippen molar-refractivity contribution in [2.24, 2.45) is 5.10 Å². The highest BCUT2D eigenvalue weighted by molar-refractivity contribution is 6.10. The van der Waals surface area contributed by atoms with E-state index in [4.69, 9.17) is 10.5 Å². The quantitative estimate of drug-likeness (QED) is 0.631. The molecule has 5 heteroatoms. The summed E-state index contributed by atoms with van der Waals surface area (Å²) in [5, 5.41) is 20.9. The van der Waals surface area contributed by atoms with Gasteiger partial charge in [-0.1, -0.05) is 6.07 Å². The number of fused-ring (bicyclic) bond motifs is 1. The van der Waals surface area contributed by atoms with Gasteiger partial charge in [-0.05, 0) is 30.5 Å². The summed E-state index contributed by atoms with van der Waals surface area (Å²) in [6.45, 7) is 1.04. The Hall–Kier alpha value is -2.53. The zero-order valence-electron chi connectivity index (χ0n) is 10.1. The van der Waals surface area contributed by atoms with Crippen LogP contribution in [0.3, 0.4) is 0 Å². The van der Waals surface area contributed by atoms with Gasteiger partial charge in [-0.3, -0.25) is 5.43 Å². The van der Waals surface area contributed by atoms with Gasteiger partial charge in [-0.2, -0.15) is 15.6 Å². The summed E-state index contributed by atoms with van der Waals surface area (Å²) in [6.07, 6.45) is 2.26. The van der Waals surface area contributed by atoms with Gasteiger partial charge < -0.3 is 4.90 Å². The van der Waals surface area contributed by atoms with Crippen LogP contribution in [-0.4, -0.2) is 19.3 Å². The van der Waals surface area contributed by atoms with Crippen LogP contribution in [0, 0.1) is 22.7 Å². The molecule has 2 rings (SSSR count). The van der Waals surface area contributed by atoms with Crippen molar-refractivity contribution in [1.29, 1.82) is 10.5 Å². The third-order valence-corrected chi connectivity index (χ3v) is 2.94. The largest absolute Gasteiger partial charge is 0.374 e. The summed E-state index contributed by atoms with van der Waals surface area (Å²) in [5.74, 6) is 0. The molecule has 1 aliphatic rings. The molecule has 0 saturated carbocycles. The summed E-state index contributed by atoms with van der Waals surface area (Å²) in [7, 11) is 2.06. The van der Waals surface area contributed by atoms with E-state index in [1.165, 1.54) is 17.7 Å². The Morgan fingerprint density at radius 1 is 1.39 bits per heavy atom. The Bertz CT molecular complexity index is 546. The van der Waals surface area contributed by atoms with Crippen molar-refractivity contribution in [3.05, 3.63) is 23.8 Å². The van der Waals surface area contributed by atoms with E-state index >= 15 is 0 Å². The van der Waals surface area contributed by atoms with Gasteiger partial charge in [0.1, 0.15) is 12.1 Å². The maximum atomic E-state index is 8.59. The van der Waals surface area contributed by atoms with Crippen molar-refractivity contribution in [2.75, 3.05) is 23.9 Å². The van der Waals surface area contributed by atoms with Gasteiger partial charge in [-0.25, -0.2) is 0 Å². The van der Waals surface area contributed by atoms with Gasteiger partial charge in [0.05, 0.1) is 5.69 Å². The Morgan fingerprint density at radius 2 is 2.17 bits per heavy atom. The fourth-order valence-corrected chi connectivity index (χ4v) is 2.02. The second-order valence-corrected chi connectivity index (χ2v) is 4.16. The molecular formula is C13H13N5. The SMILES string of the molecule is CN1CCCc2ccc(NN=C(C#N)C#N)cc21.